The van der Waals surface area contributed by atoms with Crippen LogP contribution < -0.4 is 9.80 Å². The summed E-state index contributed by atoms with van der Waals surface area (Å²) < 4.78 is 0. The molecule has 0 N–H and O–H groups in total. The zero-order valence-corrected chi connectivity index (χ0v) is 27.3. The Labute approximate surface area is 258 Å². The Morgan fingerprint density at radius 2 is 0.929 bits per heavy atom. The largest absolute Gasteiger partial charge is 0.372 e. The number of rotatable bonds is 21. The second-order valence-electron chi connectivity index (χ2n) is 11.8. The minimum absolute atomic E-state index is 1.13. The van der Waals surface area contributed by atoms with Gasteiger partial charge in [-0.15, -0.1) is 0 Å². The van der Waals surface area contributed by atoms with Crippen molar-refractivity contribution in [3.8, 4) is 11.1 Å². The van der Waals surface area contributed by atoms with Crippen LogP contribution in [0, 0.1) is 0 Å². The summed E-state index contributed by atoms with van der Waals surface area (Å²) in [5.74, 6) is 0. The van der Waals surface area contributed by atoms with Gasteiger partial charge in [0.15, 0.2) is 0 Å². The molecule has 0 aliphatic rings. The molecular weight excluding hydrogens is 508 g/mol. The molecule has 2 heteroatoms. The van der Waals surface area contributed by atoms with E-state index in [0.717, 1.165) is 26.2 Å². The summed E-state index contributed by atoms with van der Waals surface area (Å²) in [5.41, 5.74) is 7.92. The molecule has 0 aliphatic carbocycles. The molecule has 0 fully saturated rings. The van der Waals surface area contributed by atoms with Crippen LogP contribution in [0.3, 0.4) is 0 Å². The zero-order chi connectivity index (χ0) is 29.8. The Hall–Kier alpha value is -3.00. The Balaban J connectivity index is 1.82. The van der Waals surface area contributed by atoms with Crippen molar-refractivity contribution >= 4 is 23.5 Å². The van der Waals surface area contributed by atoms with E-state index in [1.807, 2.05) is 0 Å². The molecule has 0 saturated carbocycles. The molecule has 228 valence electrons. The van der Waals surface area contributed by atoms with E-state index in [1.54, 1.807) is 0 Å². The molecule has 0 radical (unpaired) electrons. The van der Waals surface area contributed by atoms with Gasteiger partial charge in [-0.3, -0.25) is 0 Å². The molecule has 42 heavy (non-hydrogen) atoms. The van der Waals surface area contributed by atoms with Crippen molar-refractivity contribution in [2.75, 3.05) is 36.0 Å². The monoisotopic (exact) mass is 566 g/mol. The Morgan fingerprint density at radius 3 is 1.48 bits per heavy atom. The van der Waals surface area contributed by atoms with Gasteiger partial charge in [0.2, 0.25) is 0 Å². The quantitative estimate of drug-likeness (QED) is 0.0934. The normalized spacial score (nSPS) is 11.3. The molecule has 3 aromatic rings. The van der Waals surface area contributed by atoms with Crippen LogP contribution in [-0.4, -0.2) is 26.2 Å². The highest BCUT2D eigenvalue weighted by Gasteiger charge is 2.14. The summed E-state index contributed by atoms with van der Waals surface area (Å²) in [5, 5.41) is 0. The van der Waals surface area contributed by atoms with E-state index < -0.39 is 0 Å². The molecule has 0 spiro atoms. The number of hydrogen-bond acceptors (Lipinski definition) is 2. The van der Waals surface area contributed by atoms with Crippen LogP contribution >= 0.6 is 0 Å². The average Bonchev–Trinajstić information content (AvgIpc) is 3.03. The highest BCUT2D eigenvalue weighted by Crippen LogP contribution is 2.34. The molecule has 3 aromatic carbocycles. The van der Waals surface area contributed by atoms with Gasteiger partial charge in [0, 0.05) is 43.1 Å². The van der Waals surface area contributed by atoms with Crippen LogP contribution in [0.4, 0.5) is 11.4 Å². The van der Waals surface area contributed by atoms with E-state index in [9.17, 15) is 0 Å². The molecule has 0 heterocycles. The fourth-order valence-electron chi connectivity index (χ4n) is 5.78. The molecular formula is C40H58N2. The molecule has 3 rings (SSSR count). The van der Waals surface area contributed by atoms with Crippen molar-refractivity contribution < 1.29 is 0 Å². The fraction of sp³-hybridized carbons (Fsp3) is 0.500. The van der Waals surface area contributed by atoms with Crippen LogP contribution in [-0.2, 0) is 0 Å². The van der Waals surface area contributed by atoms with E-state index in [2.05, 4.69) is 122 Å². The van der Waals surface area contributed by atoms with Gasteiger partial charge in [-0.1, -0.05) is 146 Å². The summed E-state index contributed by atoms with van der Waals surface area (Å²) in [6.07, 6.45) is 19.9. The maximum Gasteiger partial charge on any atom is 0.0446 e. The van der Waals surface area contributed by atoms with Gasteiger partial charge in [0.1, 0.15) is 0 Å². The van der Waals surface area contributed by atoms with Gasteiger partial charge in [-0.05, 0) is 60.6 Å². The summed E-state index contributed by atoms with van der Waals surface area (Å²) in [4.78, 5) is 5.24. The van der Waals surface area contributed by atoms with Crippen molar-refractivity contribution in [3.05, 3.63) is 83.9 Å². The van der Waals surface area contributed by atoms with E-state index in [-0.39, 0.29) is 0 Å². The van der Waals surface area contributed by atoms with E-state index in [0.29, 0.717) is 0 Å². The summed E-state index contributed by atoms with van der Waals surface area (Å²) in [7, 11) is 0. The molecule has 0 bridgehead atoms. The third-order valence-electron chi connectivity index (χ3n) is 8.34. The first-order valence-corrected chi connectivity index (χ1v) is 17.2. The second kappa shape index (κ2) is 20.0. The smallest absolute Gasteiger partial charge is 0.0446 e. The third kappa shape index (κ3) is 11.0. The third-order valence-corrected chi connectivity index (χ3v) is 8.34. The Morgan fingerprint density at radius 1 is 0.452 bits per heavy atom. The summed E-state index contributed by atoms with van der Waals surface area (Å²) >= 11 is 0. The molecule has 0 atom stereocenters. The number of para-hydroxylation sites is 1. The minimum Gasteiger partial charge on any atom is -0.372 e. The highest BCUT2D eigenvalue weighted by molar-refractivity contribution is 5.87. The van der Waals surface area contributed by atoms with Crippen molar-refractivity contribution in [1.82, 2.24) is 0 Å². The molecule has 2 nitrogen and oxygen atoms in total. The van der Waals surface area contributed by atoms with Gasteiger partial charge in [-0.25, -0.2) is 0 Å². The van der Waals surface area contributed by atoms with Crippen molar-refractivity contribution in [1.29, 1.82) is 0 Å². The topological polar surface area (TPSA) is 6.48 Å². The lowest BCUT2D eigenvalue weighted by Gasteiger charge is -2.28. The van der Waals surface area contributed by atoms with Crippen LogP contribution in [0.15, 0.2) is 72.8 Å². The minimum atomic E-state index is 1.13. The molecule has 0 saturated heterocycles. The van der Waals surface area contributed by atoms with Crippen molar-refractivity contribution in [2.45, 2.75) is 105 Å². The fourth-order valence-corrected chi connectivity index (χ4v) is 5.78. The highest BCUT2D eigenvalue weighted by atomic mass is 15.1. The first kappa shape index (κ1) is 33.5. The number of unbranched alkanes of at least 4 members (excludes halogenated alkanes) is 8. The van der Waals surface area contributed by atoms with E-state index in [4.69, 9.17) is 0 Å². The Bertz CT molecular complexity index is 1130. The number of hydrogen-bond donors (Lipinski definition) is 0. The standard InChI is InChI=1S/C40H58N2/c1-5-9-17-31-41(32-18-10-6-2)37-29-26-35(27-30-37)25-28-36-21-13-14-22-38(36)39-23-15-16-24-40(39)42(33-19-11-7-3)34-20-12-8-4/h13-16,21-30H,5-12,17-20,31-34H2,1-4H3/b28-25+. The Kier molecular flexibility index (Phi) is 16.0. The maximum absolute atomic E-state index is 2.65. The average molecular weight is 567 g/mol. The first-order valence-electron chi connectivity index (χ1n) is 17.2. The van der Waals surface area contributed by atoms with Crippen molar-refractivity contribution in [2.24, 2.45) is 0 Å². The summed E-state index contributed by atoms with van der Waals surface area (Å²) in [6.45, 7) is 13.7. The predicted octanol–water partition coefficient (Wildman–Crippen LogP) is 11.9. The van der Waals surface area contributed by atoms with Crippen molar-refractivity contribution in [3.63, 3.8) is 0 Å². The van der Waals surface area contributed by atoms with E-state index in [1.165, 1.54) is 111 Å². The predicted molar refractivity (Wildman–Crippen MR) is 190 cm³/mol. The maximum atomic E-state index is 2.65. The van der Waals surface area contributed by atoms with Gasteiger partial charge in [0.25, 0.3) is 0 Å². The molecule has 0 aromatic heterocycles. The van der Waals surface area contributed by atoms with Gasteiger partial charge < -0.3 is 9.80 Å². The van der Waals surface area contributed by atoms with Gasteiger partial charge >= 0.3 is 0 Å². The van der Waals surface area contributed by atoms with Crippen LogP contribution in [0.1, 0.15) is 116 Å². The molecule has 0 unspecified atom stereocenters. The SMILES string of the molecule is CCCCCN(CCCCC)c1ccc(/C=C/c2ccccc2-c2ccccc2N(CCCCC)CCCCC)cc1. The number of anilines is 2. The second-order valence-corrected chi connectivity index (χ2v) is 11.8. The first-order chi connectivity index (χ1) is 20.7. The zero-order valence-electron chi connectivity index (χ0n) is 27.3. The lowest BCUT2D eigenvalue weighted by Crippen LogP contribution is -2.26. The summed E-state index contributed by atoms with van der Waals surface area (Å²) in [6, 6.07) is 27.2. The molecule has 0 aliphatic heterocycles. The number of benzene rings is 3. The van der Waals surface area contributed by atoms with Crippen LogP contribution in [0.5, 0.6) is 0 Å². The van der Waals surface area contributed by atoms with Gasteiger partial charge in [-0.2, -0.15) is 0 Å². The number of nitrogens with zero attached hydrogens (tertiary/aromatic N) is 2. The van der Waals surface area contributed by atoms with Gasteiger partial charge in [0.05, 0.1) is 0 Å². The van der Waals surface area contributed by atoms with Crippen LogP contribution in [0.25, 0.3) is 23.3 Å². The van der Waals surface area contributed by atoms with Crippen LogP contribution in [0.2, 0.25) is 0 Å². The molecule has 0 amide bonds. The van der Waals surface area contributed by atoms with E-state index >= 15 is 0 Å². The lowest BCUT2D eigenvalue weighted by molar-refractivity contribution is 0.636. The lowest BCUT2D eigenvalue weighted by atomic mass is 9.96.